The molecule has 0 atom stereocenters. The molecule has 1 rings (SSSR count). The van der Waals surface area contributed by atoms with Gasteiger partial charge in [0.05, 0.1) is 0 Å². The number of nitrogens with one attached hydrogen (secondary N) is 1. The molecule has 0 unspecified atom stereocenters. The summed E-state index contributed by atoms with van der Waals surface area (Å²) < 4.78 is 5.38. The van der Waals surface area contributed by atoms with Crippen molar-refractivity contribution in [1.82, 2.24) is 5.23 Å². The summed E-state index contributed by atoms with van der Waals surface area (Å²) in [4.78, 5) is 0. The highest BCUT2D eigenvalue weighted by atomic mass is 16.4. The van der Waals surface area contributed by atoms with Gasteiger partial charge in [-0.2, -0.15) is 0 Å². The SMILES string of the molecule is CB1NCC(C)(C)CO1. The molecule has 0 radical (unpaired) electrons. The lowest BCUT2D eigenvalue weighted by atomic mass is 9.80. The van der Waals surface area contributed by atoms with Crippen LogP contribution >= 0.6 is 0 Å². The van der Waals surface area contributed by atoms with Crippen LogP contribution in [0.15, 0.2) is 0 Å². The zero-order valence-corrected chi connectivity index (χ0v) is 6.40. The molecule has 9 heavy (non-hydrogen) atoms. The van der Waals surface area contributed by atoms with Gasteiger partial charge < -0.3 is 9.88 Å². The summed E-state index contributed by atoms with van der Waals surface area (Å²) in [5.41, 5.74) is 0.326. The maximum Gasteiger partial charge on any atom is 0.376 e. The summed E-state index contributed by atoms with van der Waals surface area (Å²) >= 11 is 0. The largest absolute Gasteiger partial charge is 0.421 e. The molecule has 0 saturated carbocycles. The first-order valence-corrected chi connectivity index (χ1v) is 3.45. The predicted octanol–water partition coefficient (Wildman–Crippen LogP) is 0.750. The van der Waals surface area contributed by atoms with Crippen molar-refractivity contribution < 1.29 is 4.65 Å². The van der Waals surface area contributed by atoms with E-state index in [2.05, 4.69) is 19.1 Å². The highest BCUT2D eigenvalue weighted by Gasteiger charge is 2.26. The fourth-order valence-corrected chi connectivity index (χ4v) is 0.881. The molecule has 3 heteroatoms. The second-order valence-corrected chi connectivity index (χ2v) is 3.50. The molecule has 0 amide bonds. The van der Waals surface area contributed by atoms with Crippen LogP contribution in [0.4, 0.5) is 0 Å². The second-order valence-electron chi connectivity index (χ2n) is 3.50. The first kappa shape index (κ1) is 7.10. The van der Waals surface area contributed by atoms with Gasteiger partial charge in [-0.3, -0.25) is 0 Å². The average molecular weight is 127 g/mol. The van der Waals surface area contributed by atoms with Crippen LogP contribution in [0.1, 0.15) is 13.8 Å². The van der Waals surface area contributed by atoms with E-state index in [0.717, 1.165) is 13.2 Å². The zero-order valence-electron chi connectivity index (χ0n) is 6.40. The van der Waals surface area contributed by atoms with Crippen LogP contribution < -0.4 is 5.23 Å². The normalized spacial score (nSPS) is 26.3. The first-order chi connectivity index (χ1) is 4.10. The van der Waals surface area contributed by atoms with Gasteiger partial charge in [-0.1, -0.05) is 13.8 Å². The van der Waals surface area contributed by atoms with Gasteiger partial charge in [0.1, 0.15) is 0 Å². The van der Waals surface area contributed by atoms with Crippen molar-refractivity contribution in [3.63, 3.8) is 0 Å². The topological polar surface area (TPSA) is 21.3 Å². The lowest BCUT2D eigenvalue weighted by molar-refractivity contribution is 0.150. The van der Waals surface area contributed by atoms with Crippen LogP contribution in [-0.4, -0.2) is 20.2 Å². The monoisotopic (exact) mass is 127 g/mol. The summed E-state index contributed by atoms with van der Waals surface area (Å²) in [5.74, 6) is 0. The van der Waals surface area contributed by atoms with E-state index in [1.165, 1.54) is 0 Å². The van der Waals surface area contributed by atoms with Crippen LogP contribution in [0.2, 0.25) is 6.82 Å². The Bertz CT molecular complexity index is 95.2. The molecule has 0 spiro atoms. The molecule has 52 valence electrons. The Morgan fingerprint density at radius 2 is 2.22 bits per heavy atom. The van der Waals surface area contributed by atoms with Crippen LogP contribution in [0.25, 0.3) is 0 Å². The molecule has 0 aromatic rings. The van der Waals surface area contributed by atoms with E-state index in [0.29, 0.717) is 5.41 Å². The highest BCUT2D eigenvalue weighted by Crippen LogP contribution is 2.17. The third-order valence-corrected chi connectivity index (χ3v) is 1.59. The van der Waals surface area contributed by atoms with Crippen molar-refractivity contribution in [2.75, 3.05) is 13.2 Å². The summed E-state index contributed by atoms with van der Waals surface area (Å²) in [7, 11) is 0.248. The molecule has 1 heterocycles. The molecule has 1 saturated heterocycles. The first-order valence-electron chi connectivity index (χ1n) is 3.45. The van der Waals surface area contributed by atoms with Crippen LogP contribution in [0, 0.1) is 5.41 Å². The van der Waals surface area contributed by atoms with Crippen LogP contribution in [-0.2, 0) is 4.65 Å². The highest BCUT2D eigenvalue weighted by molar-refractivity contribution is 6.47. The van der Waals surface area contributed by atoms with Gasteiger partial charge in [0.25, 0.3) is 0 Å². The molecule has 0 aliphatic carbocycles. The Hall–Kier alpha value is -0.0151. The third kappa shape index (κ3) is 1.99. The molecule has 0 aromatic heterocycles. The number of hydrogen-bond acceptors (Lipinski definition) is 2. The minimum absolute atomic E-state index is 0.248. The zero-order chi connectivity index (χ0) is 6.91. The lowest BCUT2D eigenvalue weighted by Crippen LogP contribution is -2.49. The molecule has 1 N–H and O–H groups in total. The predicted molar refractivity (Wildman–Crippen MR) is 39.4 cm³/mol. The standard InChI is InChI=1S/C6H14BNO/c1-6(2)4-8-7(3)9-5-6/h8H,4-5H2,1-3H3. The van der Waals surface area contributed by atoms with E-state index in [9.17, 15) is 0 Å². The molecular formula is C6H14BNO. The van der Waals surface area contributed by atoms with Crippen LogP contribution in [0.3, 0.4) is 0 Å². The molecular weight excluding hydrogens is 113 g/mol. The third-order valence-electron chi connectivity index (χ3n) is 1.59. The van der Waals surface area contributed by atoms with Crippen molar-refractivity contribution >= 4 is 7.05 Å². The fourth-order valence-electron chi connectivity index (χ4n) is 0.881. The Labute approximate surface area is 57.1 Å². The Morgan fingerprint density at radius 3 is 2.56 bits per heavy atom. The second kappa shape index (κ2) is 2.31. The average Bonchev–Trinajstić information content (AvgIpc) is 1.78. The lowest BCUT2D eigenvalue weighted by Gasteiger charge is -2.32. The molecule has 1 fully saturated rings. The quantitative estimate of drug-likeness (QED) is 0.485. The molecule has 0 aromatic carbocycles. The summed E-state index contributed by atoms with van der Waals surface area (Å²) in [6.45, 7) is 8.38. The molecule has 1 aliphatic rings. The van der Waals surface area contributed by atoms with Gasteiger partial charge >= 0.3 is 7.05 Å². The van der Waals surface area contributed by atoms with E-state index in [1.807, 2.05) is 6.82 Å². The van der Waals surface area contributed by atoms with Crippen molar-refractivity contribution in [2.45, 2.75) is 20.7 Å². The molecule has 1 aliphatic heterocycles. The summed E-state index contributed by atoms with van der Waals surface area (Å²) in [5, 5.41) is 3.25. The minimum atomic E-state index is 0.248. The van der Waals surface area contributed by atoms with Crippen LogP contribution in [0.5, 0.6) is 0 Å². The van der Waals surface area contributed by atoms with Gasteiger partial charge in [0, 0.05) is 6.61 Å². The van der Waals surface area contributed by atoms with Crippen molar-refractivity contribution in [1.29, 1.82) is 0 Å². The number of hydrogen-bond donors (Lipinski definition) is 1. The van der Waals surface area contributed by atoms with Crippen molar-refractivity contribution in [2.24, 2.45) is 5.41 Å². The Morgan fingerprint density at radius 1 is 1.56 bits per heavy atom. The maximum atomic E-state index is 5.38. The maximum absolute atomic E-state index is 5.38. The minimum Gasteiger partial charge on any atom is -0.421 e. The van der Waals surface area contributed by atoms with Gasteiger partial charge in [-0.05, 0) is 18.8 Å². The molecule has 2 nitrogen and oxygen atoms in total. The van der Waals surface area contributed by atoms with E-state index in [-0.39, 0.29) is 7.05 Å². The van der Waals surface area contributed by atoms with Gasteiger partial charge in [-0.25, -0.2) is 0 Å². The van der Waals surface area contributed by atoms with Gasteiger partial charge in [-0.15, -0.1) is 0 Å². The summed E-state index contributed by atoms with van der Waals surface area (Å²) in [6.07, 6.45) is 0. The van der Waals surface area contributed by atoms with Crippen molar-refractivity contribution in [3.05, 3.63) is 0 Å². The van der Waals surface area contributed by atoms with Crippen molar-refractivity contribution in [3.8, 4) is 0 Å². The summed E-state index contributed by atoms with van der Waals surface area (Å²) in [6, 6.07) is 0. The van der Waals surface area contributed by atoms with E-state index in [1.54, 1.807) is 0 Å². The Kier molecular flexibility index (Phi) is 1.82. The fraction of sp³-hybridized carbons (Fsp3) is 1.00. The van der Waals surface area contributed by atoms with E-state index in [4.69, 9.17) is 4.65 Å². The smallest absolute Gasteiger partial charge is 0.376 e. The van der Waals surface area contributed by atoms with E-state index >= 15 is 0 Å². The van der Waals surface area contributed by atoms with E-state index < -0.39 is 0 Å². The molecule has 0 bridgehead atoms. The Balaban J connectivity index is 2.35. The van der Waals surface area contributed by atoms with Gasteiger partial charge in [0.2, 0.25) is 0 Å². The number of rotatable bonds is 0. The van der Waals surface area contributed by atoms with Gasteiger partial charge in [0.15, 0.2) is 0 Å².